The summed E-state index contributed by atoms with van der Waals surface area (Å²) in [6.45, 7) is 0.423. The second kappa shape index (κ2) is 8.05. The van der Waals surface area contributed by atoms with E-state index in [9.17, 15) is 5.11 Å². The molecule has 3 saturated carbocycles. The summed E-state index contributed by atoms with van der Waals surface area (Å²) in [5.74, 6) is 0. The molecule has 136 valence electrons. The van der Waals surface area contributed by atoms with E-state index < -0.39 is 5.31 Å². The van der Waals surface area contributed by atoms with E-state index in [0.717, 1.165) is 23.1 Å². The molecule has 3 heteroatoms. The summed E-state index contributed by atoms with van der Waals surface area (Å²) in [5.41, 5.74) is 2.77. The van der Waals surface area contributed by atoms with Crippen molar-refractivity contribution in [1.82, 2.24) is 0 Å². The van der Waals surface area contributed by atoms with E-state index in [4.69, 9.17) is 15.5 Å². The molecule has 0 amide bonds. The molecule has 0 bridgehead atoms. The van der Waals surface area contributed by atoms with Gasteiger partial charge in [-0.25, -0.2) is 0 Å². The van der Waals surface area contributed by atoms with Crippen molar-refractivity contribution >= 4 is 20.8 Å². The van der Waals surface area contributed by atoms with Crippen LogP contribution in [0, 0.1) is 0 Å². The SMILES string of the molecule is OCCP(Br)(C1CCCCC1)(C1CCCCC1)C1CCCCC1. The van der Waals surface area contributed by atoms with Gasteiger partial charge in [-0.1, -0.05) is 0 Å². The molecular formula is C20H38BrOP. The summed E-state index contributed by atoms with van der Waals surface area (Å²) in [5, 5.41) is 8.13. The van der Waals surface area contributed by atoms with E-state index in [1.54, 1.807) is 0 Å². The zero-order valence-electron chi connectivity index (χ0n) is 15.0. The predicted molar refractivity (Wildman–Crippen MR) is 108 cm³/mol. The predicted octanol–water partition coefficient (Wildman–Crippen LogP) is 6.84. The van der Waals surface area contributed by atoms with E-state index in [1.807, 2.05) is 0 Å². The molecule has 0 aromatic carbocycles. The van der Waals surface area contributed by atoms with E-state index in [0.29, 0.717) is 6.61 Å². The summed E-state index contributed by atoms with van der Waals surface area (Å²) < 4.78 is 0. The van der Waals surface area contributed by atoms with Gasteiger partial charge in [0.1, 0.15) is 0 Å². The molecule has 3 aliphatic rings. The van der Waals surface area contributed by atoms with Crippen LogP contribution in [-0.2, 0) is 0 Å². The van der Waals surface area contributed by atoms with Crippen molar-refractivity contribution in [2.24, 2.45) is 0 Å². The Morgan fingerprint density at radius 1 is 0.609 bits per heavy atom. The first kappa shape index (κ1) is 18.7. The second-order valence-corrected chi connectivity index (χ2v) is 19.4. The van der Waals surface area contributed by atoms with Crippen molar-refractivity contribution in [2.45, 2.75) is 113 Å². The molecule has 0 unspecified atom stereocenters. The molecule has 0 heterocycles. The molecule has 0 spiro atoms. The average molecular weight is 405 g/mol. The first-order chi connectivity index (χ1) is 11.2. The number of hydrogen-bond acceptors (Lipinski definition) is 1. The van der Waals surface area contributed by atoms with Gasteiger partial charge in [-0.05, 0) is 0 Å². The zero-order chi connectivity index (χ0) is 16.2. The fourth-order valence-electron chi connectivity index (χ4n) is 6.63. The monoisotopic (exact) mass is 404 g/mol. The number of hydrogen-bond donors (Lipinski definition) is 1. The Balaban J connectivity index is 1.99. The standard InChI is InChI=1S/C20H38BrOP/c21-23(17-16-22,18-10-4-1-5-11-18,19-12-6-2-7-13-19)20-14-8-3-9-15-20/h18-20,22H,1-17H2. The molecule has 3 aliphatic carbocycles. The van der Waals surface area contributed by atoms with Gasteiger partial charge in [0.05, 0.1) is 0 Å². The topological polar surface area (TPSA) is 20.2 Å². The van der Waals surface area contributed by atoms with Crippen LogP contribution in [0.4, 0.5) is 0 Å². The summed E-state index contributed by atoms with van der Waals surface area (Å²) in [6, 6.07) is 0. The van der Waals surface area contributed by atoms with Gasteiger partial charge >= 0.3 is 152 Å². The molecule has 3 rings (SSSR count). The Morgan fingerprint density at radius 2 is 0.913 bits per heavy atom. The van der Waals surface area contributed by atoms with Crippen molar-refractivity contribution in [2.75, 3.05) is 12.8 Å². The van der Waals surface area contributed by atoms with Gasteiger partial charge in [0.15, 0.2) is 0 Å². The van der Waals surface area contributed by atoms with Crippen LogP contribution in [-0.4, -0.2) is 34.9 Å². The van der Waals surface area contributed by atoms with E-state index >= 15 is 0 Å². The van der Waals surface area contributed by atoms with Crippen molar-refractivity contribution in [1.29, 1.82) is 0 Å². The Hall–Kier alpha value is 0.870. The molecule has 0 aliphatic heterocycles. The maximum absolute atomic E-state index is 10.2. The fraction of sp³-hybridized carbons (Fsp3) is 1.00. The third-order valence-electron chi connectivity index (χ3n) is 7.75. The minimum atomic E-state index is -2.04. The number of aliphatic hydroxyl groups excluding tert-OH is 1. The van der Waals surface area contributed by atoms with Crippen molar-refractivity contribution in [3.8, 4) is 0 Å². The first-order valence-electron chi connectivity index (χ1n) is 10.5. The quantitative estimate of drug-likeness (QED) is 0.497. The fourth-order valence-corrected chi connectivity index (χ4v) is 18.7. The Kier molecular flexibility index (Phi) is 6.53. The molecule has 23 heavy (non-hydrogen) atoms. The maximum atomic E-state index is 10.2. The van der Waals surface area contributed by atoms with Crippen LogP contribution < -0.4 is 0 Å². The van der Waals surface area contributed by atoms with E-state index in [-0.39, 0.29) is 0 Å². The molecular weight excluding hydrogens is 367 g/mol. The Bertz CT molecular complexity index is 320. The van der Waals surface area contributed by atoms with Gasteiger partial charge in [0, 0.05) is 0 Å². The molecule has 1 N–H and O–H groups in total. The van der Waals surface area contributed by atoms with Gasteiger partial charge in [0.2, 0.25) is 0 Å². The van der Waals surface area contributed by atoms with Crippen LogP contribution in [0.25, 0.3) is 0 Å². The molecule has 1 nitrogen and oxygen atoms in total. The van der Waals surface area contributed by atoms with Crippen molar-refractivity contribution in [3.05, 3.63) is 0 Å². The molecule has 0 aromatic heterocycles. The van der Waals surface area contributed by atoms with Crippen LogP contribution in [0.5, 0.6) is 0 Å². The third kappa shape index (κ3) is 3.43. The van der Waals surface area contributed by atoms with Gasteiger partial charge in [-0.15, -0.1) is 0 Å². The third-order valence-corrected chi connectivity index (χ3v) is 21.6. The summed E-state index contributed by atoms with van der Waals surface area (Å²) >= 11 is 4.71. The molecule has 0 saturated heterocycles. The average Bonchev–Trinajstić information content (AvgIpc) is 2.64. The zero-order valence-corrected chi connectivity index (χ0v) is 17.5. The summed E-state index contributed by atoms with van der Waals surface area (Å²) in [6.07, 6.45) is 22.9. The van der Waals surface area contributed by atoms with Crippen molar-refractivity contribution in [3.63, 3.8) is 0 Å². The number of halogens is 1. The van der Waals surface area contributed by atoms with E-state index in [1.165, 1.54) is 96.3 Å². The second-order valence-electron chi connectivity index (χ2n) is 8.73. The van der Waals surface area contributed by atoms with Crippen LogP contribution in [0.3, 0.4) is 0 Å². The van der Waals surface area contributed by atoms with Gasteiger partial charge in [-0.3, -0.25) is 0 Å². The summed E-state index contributed by atoms with van der Waals surface area (Å²) in [4.78, 5) is 0. The Morgan fingerprint density at radius 3 is 1.17 bits per heavy atom. The first-order valence-corrected chi connectivity index (χ1v) is 15.2. The van der Waals surface area contributed by atoms with Crippen LogP contribution >= 0.6 is 20.8 Å². The molecule has 0 radical (unpaired) electrons. The molecule has 0 atom stereocenters. The van der Waals surface area contributed by atoms with Crippen molar-refractivity contribution < 1.29 is 5.11 Å². The molecule has 0 aromatic rings. The number of rotatable bonds is 5. The van der Waals surface area contributed by atoms with Gasteiger partial charge in [-0.2, -0.15) is 0 Å². The normalized spacial score (nSPS) is 28.3. The van der Waals surface area contributed by atoms with Gasteiger partial charge in [0.25, 0.3) is 0 Å². The summed E-state index contributed by atoms with van der Waals surface area (Å²) in [7, 11) is 0. The van der Waals surface area contributed by atoms with Crippen LogP contribution in [0.2, 0.25) is 0 Å². The molecule has 3 fully saturated rings. The van der Waals surface area contributed by atoms with E-state index in [2.05, 4.69) is 0 Å². The van der Waals surface area contributed by atoms with Crippen LogP contribution in [0.1, 0.15) is 96.3 Å². The number of aliphatic hydroxyl groups is 1. The van der Waals surface area contributed by atoms with Crippen LogP contribution in [0.15, 0.2) is 0 Å². The Labute approximate surface area is 152 Å². The van der Waals surface area contributed by atoms with Gasteiger partial charge < -0.3 is 0 Å². The minimum absolute atomic E-state index is 0.423.